The summed E-state index contributed by atoms with van der Waals surface area (Å²) in [5.41, 5.74) is 0. The molecule has 0 atom stereocenters. The topological polar surface area (TPSA) is 52.6 Å². The molecule has 0 aromatic rings. The standard InChI is InChI=1S/C9H16O4.Li.H/c1-4-7(5-8(10)12-2)6-9(11)13-3;;/h7H,4-6H2,1-3H3;;. The number of methoxy groups -OCH3 is 2. The summed E-state index contributed by atoms with van der Waals surface area (Å²) in [6.07, 6.45) is 1.33. The van der Waals surface area contributed by atoms with Crippen LogP contribution in [-0.2, 0) is 19.1 Å². The van der Waals surface area contributed by atoms with E-state index >= 15 is 0 Å². The van der Waals surface area contributed by atoms with Crippen molar-refractivity contribution in [2.24, 2.45) is 5.92 Å². The third-order valence-electron chi connectivity index (χ3n) is 1.94. The number of carbonyl (C=O) groups is 2. The Bertz CT molecular complexity index is 164. The van der Waals surface area contributed by atoms with E-state index in [1.54, 1.807) is 0 Å². The van der Waals surface area contributed by atoms with Crippen molar-refractivity contribution in [1.82, 2.24) is 0 Å². The van der Waals surface area contributed by atoms with Crippen molar-refractivity contribution in [1.29, 1.82) is 0 Å². The normalized spacial score (nSPS) is 9.14. The Balaban J connectivity index is 0. The molecule has 0 fully saturated rings. The summed E-state index contributed by atoms with van der Waals surface area (Å²) in [7, 11) is 2.68. The molecule has 78 valence electrons. The third-order valence-corrected chi connectivity index (χ3v) is 1.94. The Morgan fingerprint density at radius 2 is 1.43 bits per heavy atom. The van der Waals surface area contributed by atoms with Gasteiger partial charge in [0.15, 0.2) is 0 Å². The Morgan fingerprint density at radius 3 is 1.64 bits per heavy atom. The van der Waals surface area contributed by atoms with Gasteiger partial charge in [-0.2, -0.15) is 0 Å². The fourth-order valence-electron chi connectivity index (χ4n) is 0.999. The molecule has 5 heteroatoms. The molecule has 0 aromatic heterocycles. The van der Waals surface area contributed by atoms with Gasteiger partial charge in [0.1, 0.15) is 0 Å². The molecule has 4 nitrogen and oxygen atoms in total. The minimum atomic E-state index is -0.282. The summed E-state index contributed by atoms with van der Waals surface area (Å²) in [6, 6.07) is 0. The van der Waals surface area contributed by atoms with Crippen molar-refractivity contribution >= 4 is 30.8 Å². The molecule has 0 radical (unpaired) electrons. The van der Waals surface area contributed by atoms with E-state index in [4.69, 9.17) is 0 Å². The Morgan fingerprint density at radius 1 is 1.07 bits per heavy atom. The Labute approximate surface area is 96.5 Å². The summed E-state index contributed by atoms with van der Waals surface area (Å²) in [4.78, 5) is 21.8. The van der Waals surface area contributed by atoms with Crippen LogP contribution >= 0.6 is 0 Å². The Hall–Kier alpha value is -0.463. The molecular formula is C9H17LiO4. The molecular weight excluding hydrogens is 179 g/mol. The molecule has 0 saturated heterocycles. The van der Waals surface area contributed by atoms with Crippen LogP contribution in [0.5, 0.6) is 0 Å². The average Bonchev–Trinajstić information content (AvgIpc) is 2.16. The minimum absolute atomic E-state index is 0. The zero-order valence-electron chi connectivity index (χ0n) is 8.33. The van der Waals surface area contributed by atoms with Crippen LogP contribution in [0.25, 0.3) is 0 Å². The second-order valence-electron chi connectivity index (χ2n) is 2.83. The molecule has 0 aliphatic heterocycles. The first-order chi connectivity index (χ1) is 6.13. The van der Waals surface area contributed by atoms with Gasteiger partial charge < -0.3 is 9.47 Å². The van der Waals surface area contributed by atoms with E-state index in [1.165, 1.54) is 14.2 Å². The van der Waals surface area contributed by atoms with E-state index in [2.05, 4.69) is 9.47 Å². The maximum atomic E-state index is 10.9. The molecule has 0 saturated carbocycles. The average molecular weight is 196 g/mol. The van der Waals surface area contributed by atoms with Gasteiger partial charge in [-0.15, -0.1) is 0 Å². The van der Waals surface area contributed by atoms with Gasteiger partial charge in [-0.3, -0.25) is 9.59 Å². The fraction of sp³-hybridized carbons (Fsp3) is 0.778. The number of esters is 2. The summed E-state index contributed by atoms with van der Waals surface area (Å²) in [5.74, 6) is -0.536. The van der Waals surface area contributed by atoms with Gasteiger partial charge in [-0.25, -0.2) is 0 Å². The van der Waals surface area contributed by atoms with E-state index in [0.717, 1.165) is 6.42 Å². The number of hydrogen-bond donors (Lipinski definition) is 0. The first-order valence-corrected chi connectivity index (χ1v) is 4.27. The van der Waals surface area contributed by atoms with Crippen LogP contribution in [0.15, 0.2) is 0 Å². The second-order valence-corrected chi connectivity index (χ2v) is 2.83. The van der Waals surface area contributed by atoms with Crippen LogP contribution in [0.1, 0.15) is 26.2 Å². The summed E-state index contributed by atoms with van der Waals surface area (Å²) in [6.45, 7) is 1.93. The molecule has 0 amide bonds. The SMILES string of the molecule is CCC(CC(=O)OC)CC(=O)OC.[LiH]. The van der Waals surface area contributed by atoms with Gasteiger partial charge >= 0.3 is 30.8 Å². The number of ether oxygens (including phenoxy) is 2. The van der Waals surface area contributed by atoms with Crippen LogP contribution in [0.2, 0.25) is 0 Å². The predicted octanol–water partition coefficient (Wildman–Crippen LogP) is 0.490. The summed E-state index contributed by atoms with van der Waals surface area (Å²) in [5, 5.41) is 0. The zero-order chi connectivity index (χ0) is 10.3. The van der Waals surface area contributed by atoms with Crippen LogP contribution in [0, 0.1) is 5.92 Å². The predicted molar refractivity (Wildman–Crippen MR) is 54.2 cm³/mol. The van der Waals surface area contributed by atoms with Crippen LogP contribution in [-0.4, -0.2) is 45.0 Å². The quantitative estimate of drug-likeness (QED) is 0.474. The van der Waals surface area contributed by atoms with Crippen molar-refractivity contribution in [3.8, 4) is 0 Å². The van der Waals surface area contributed by atoms with E-state index in [1.807, 2.05) is 6.92 Å². The van der Waals surface area contributed by atoms with Gasteiger partial charge in [0.2, 0.25) is 0 Å². The van der Waals surface area contributed by atoms with Crippen LogP contribution in [0.4, 0.5) is 0 Å². The van der Waals surface area contributed by atoms with Crippen molar-refractivity contribution in [2.75, 3.05) is 14.2 Å². The molecule has 0 aromatic carbocycles. The van der Waals surface area contributed by atoms with Gasteiger partial charge in [-0.05, 0) is 5.92 Å². The van der Waals surface area contributed by atoms with E-state index in [-0.39, 0.29) is 49.6 Å². The maximum absolute atomic E-state index is 10.9. The molecule has 0 spiro atoms. The summed E-state index contributed by atoms with van der Waals surface area (Å²) >= 11 is 0. The van der Waals surface area contributed by atoms with Gasteiger partial charge in [0.05, 0.1) is 14.2 Å². The molecule has 0 rings (SSSR count). The first kappa shape index (κ1) is 16.0. The molecule has 14 heavy (non-hydrogen) atoms. The fourth-order valence-corrected chi connectivity index (χ4v) is 0.999. The first-order valence-electron chi connectivity index (χ1n) is 4.27. The molecule has 0 N–H and O–H groups in total. The zero-order valence-corrected chi connectivity index (χ0v) is 8.33. The van der Waals surface area contributed by atoms with Gasteiger partial charge in [0, 0.05) is 12.8 Å². The molecule has 0 unspecified atom stereocenters. The third kappa shape index (κ3) is 6.99. The van der Waals surface area contributed by atoms with E-state index < -0.39 is 0 Å². The van der Waals surface area contributed by atoms with E-state index in [9.17, 15) is 9.59 Å². The number of hydrogen-bond acceptors (Lipinski definition) is 4. The van der Waals surface area contributed by atoms with Crippen molar-refractivity contribution < 1.29 is 19.1 Å². The van der Waals surface area contributed by atoms with Crippen LogP contribution < -0.4 is 0 Å². The molecule has 0 bridgehead atoms. The van der Waals surface area contributed by atoms with E-state index in [0.29, 0.717) is 0 Å². The van der Waals surface area contributed by atoms with Crippen molar-refractivity contribution in [3.05, 3.63) is 0 Å². The Kier molecular flexibility index (Phi) is 10.4. The molecule has 0 heterocycles. The second kappa shape index (κ2) is 9.11. The molecule has 0 aliphatic rings. The van der Waals surface area contributed by atoms with Crippen LogP contribution in [0.3, 0.4) is 0 Å². The van der Waals surface area contributed by atoms with Gasteiger partial charge in [-0.1, -0.05) is 13.3 Å². The molecule has 0 aliphatic carbocycles. The monoisotopic (exact) mass is 196 g/mol. The van der Waals surface area contributed by atoms with Crippen molar-refractivity contribution in [3.63, 3.8) is 0 Å². The number of carbonyl (C=O) groups excluding carboxylic acids is 2. The van der Waals surface area contributed by atoms with Gasteiger partial charge in [0.25, 0.3) is 0 Å². The summed E-state index contributed by atoms with van der Waals surface area (Å²) < 4.78 is 9.01. The van der Waals surface area contributed by atoms with Crippen molar-refractivity contribution in [2.45, 2.75) is 26.2 Å². The number of rotatable bonds is 5.